The highest BCUT2D eigenvalue weighted by Gasteiger charge is 2.25. The Bertz CT molecular complexity index is 877. The van der Waals surface area contributed by atoms with Crippen molar-refractivity contribution >= 4 is 27.8 Å². The number of carboxylic acids is 1. The minimum absolute atomic E-state index is 0.271. The number of carboxylic acid groups (broad SMARTS) is 1. The molecule has 1 heterocycles. The second kappa shape index (κ2) is 4.19. The van der Waals surface area contributed by atoms with Crippen molar-refractivity contribution in [1.29, 1.82) is 0 Å². The summed E-state index contributed by atoms with van der Waals surface area (Å²) < 4.78 is 40.8. The van der Waals surface area contributed by atoms with Crippen molar-refractivity contribution in [2.45, 2.75) is 0 Å². The zero-order valence-electron chi connectivity index (χ0n) is 9.82. The van der Waals surface area contributed by atoms with E-state index < -0.39 is 34.5 Å². The van der Waals surface area contributed by atoms with Crippen molar-refractivity contribution in [3.8, 4) is 0 Å². The van der Waals surface area contributed by atoms with Gasteiger partial charge in [-0.25, -0.2) is 22.9 Å². The zero-order valence-corrected chi connectivity index (χ0v) is 9.82. The summed E-state index contributed by atoms with van der Waals surface area (Å²) in [5.74, 6) is -6.73. The molecule has 0 saturated carbocycles. The van der Waals surface area contributed by atoms with Gasteiger partial charge in [0.15, 0.2) is 17.5 Å². The van der Waals surface area contributed by atoms with Gasteiger partial charge >= 0.3 is 5.97 Å². The number of aromatic nitrogens is 1. The van der Waals surface area contributed by atoms with Gasteiger partial charge in [-0.1, -0.05) is 18.2 Å². The Hall–Kier alpha value is -2.63. The highest BCUT2D eigenvalue weighted by Crippen LogP contribution is 2.29. The summed E-state index contributed by atoms with van der Waals surface area (Å²) in [5, 5.41) is 9.23. The van der Waals surface area contributed by atoms with Crippen molar-refractivity contribution in [2.24, 2.45) is 0 Å². The molecule has 3 aromatic rings. The highest BCUT2D eigenvalue weighted by atomic mass is 19.2. The van der Waals surface area contributed by atoms with E-state index in [0.29, 0.717) is 10.9 Å². The van der Waals surface area contributed by atoms with Crippen LogP contribution in [0.25, 0.3) is 21.8 Å². The number of halogens is 3. The molecule has 0 aliphatic carbocycles. The molecule has 0 radical (unpaired) electrons. The summed E-state index contributed by atoms with van der Waals surface area (Å²) in [4.78, 5) is 15.0. The maximum atomic E-state index is 13.8. The van der Waals surface area contributed by atoms with Crippen LogP contribution in [0.15, 0.2) is 30.3 Å². The van der Waals surface area contributed by atoms with Gasteiger partial charge in [-0.05, 0) is 12.1 Å². The van der Waals surface area contributed by atoms with Gasteiger partial charge in [0.2, 0.25) is 0 Å². The topological polar surface area (TPSA) is 50.2 Å². The Morgan fingerprint density at radius 1 is 1.05 bits per heavy atom. The van der Waals surface area contributed by atoms with Gasteiger partial charge in [0.25, 0.3) is 0 Å². The molecule has 0 fully saturated rings. The molecule has 0 spiro atoms. The number of nitrogens with zero attached hydrogens (tertiary/aromatic N) is 1. The minimum atomic E-state index is -1.84. The van der Waals surface area contributed by atoms with Gasteiger partial charge in [-0.15, -0.1) is 0 Å². The summed E-state index contributed by atoms with van der Waals surface area (Å²) in [7, 11) is 0. The molecule has 1 aromatic heterocycles. The number of carbonyl (C=O) groups is 1. The number of hydrogen-bond acceptors (Lipinski definition) is 2. The first kappa shape index (κ1) is 12.4. The third-order valence-electron chi connectivity index (χ3n) is 3.02. The van der Waals surface area contributed by atoms with Crippen molar-refractivity contribution in [1.82, 2.24) is 4.98 Å². The molecule has 0 amide bonds. The van der Waals surface area contributed by atoms with Crippen LogP contribution < -0.4 is 0 Å². The molecule has 0 unspecified atom stereocenters. The molecule has 1 N–H and O–H groups in total. The van der Waals surface area contributed by atoms with Crippen molar-refractivity contribution in [3.05, 3.63) is 53.3 Å². The van der Waals surface area contributed by atoms with E-state index in [1.807, 2.05) is 0 Å². The number of benzene rings is 2. The standard InChI is InChI=1S/C14H6F3NO2/c15-10-9(14(19)20)7-5-6-3-1-2-4-8(6)18-13(7)12(17)11(10)16/h1-5H,(H,19,20). The van der Waals surface area contributed by atoms with Gasteiger partial charge in [0.1, 0.15) is 11.1 Å². The second-order valence-electron chi connectivity index (χ2n) is 4.20. The van der Waals surface area contributed by atoms with Gasteiger partial charge in [0.05, 0.1) is 5.52 Å². The fourth-order valence-corrected chi connectivity index (χ4v) is 2.11. The fraction of sp³-hybridized carbons (Fsp3) is 0. The zero-order chi connectivity index (χ0) is 14.4. The summed E-state index contributed by atoms with van der Waals surface area (Å²) in [6.45, 7) is 0. The van der Waals surface area contributed by atoms with Crippen LogP contribution in [-0.4, -0.2) is 16.1 Å². The van der Waals surface area contributed by atoms with E-state index in [0.717, 1.165) is 0 Å². The maximum absolute atomic E-state index is 13.8. The molecule has 2 aromatic carbocycles. The third-order valence-corrected chi connectivity index (χ3v) is 3.02. The minimum Gasteiger partial charge on any atom is -0.478 e. The molecule has 6 heteroatoms. The Morgan fingerprint density at radius 3 is 2.45 bits per heavy atom. The molecule has 0 bridgehead atoms. The van der Waals surface area contributed by atoms with Crippen LogP contribution >= 0.6 is 0 Å². The van der Waals surface area contributed by atoms with Gasteiger partial charge in [-0.3, -0.25) is 0 Å². The number of aromatic carboxylic acids is 1. The highest BCUT2D eigenvalue weighted by molar-refractivity contribution is 6.06. The van der Waals surface area contributed by atoms with E-state index in [1.54, 1.807) is 24.3 Å². The first-order chi connectivity index (χ1) is 9.50. The van der Waals surface area contributed by atoms with E-state index in [4.69, 9.17) is 5.11 Å². The van der Waals surface area contributed by atoms with E-state index in [2.05, 4.69) is 4.98 Å². The average Bonchev–Trinajstić information content (AvgIpc) is 2.43. The smallest absolute Gasteiger partial charge is 0.339 e. The Kier molecular flexibility index (Phi) is 2.60. The van der Waals surface area contributed by atoms with Crippen LogP contribution in [0.2, 0.25) is 0 Å². The molecule has 3 rings (SSSR count). The molecule has 0 atom stereocenters. The van der Waals surface area contributed by atoms with Crippen molar-refractivity contribution < 1.29 is 23.1 Å². The Morgan fingerprint density at radius 2 is 1.75 bits per heavy atom. The Labute approximate surface area is 110 Å². The first-order valence-electron chi connectivity index (χ1n) is 5.60. The molecule has 20 heavy (non-hydrogen) atoms. The normalized spacial score (nSPS) is 11.2. The first-order valence-corrected chi connectivity index (χ1v) is 5.60. The fourth-order valence-electron chi connectivity index (χ4n) is 2.11. The van der Waals surface area contributed by atoms with E-state index in [-0.39, 0.29) is 5.39 Å². The van der Waals surface area contributed by atoms with Crippen LogP contribution in [-0.2, 0) is 0 Å². The number of fused-ring (bicyclic) bond motifs is 2. The summed E-state index contributed by atoms with van der Waals surface area (Å²) >= 11 is 0. The number of hydrogen-bond donors (Lipinski definition) is 1. The van der Waals surface area contributed by atoms with Crippen LogP contribution in [0, 0.1) is 17.5 Å². The SMILES string of the molecule is O=C(O)c1c(F)c(F)c(F)c2nc3ccccc3cc12. The van der Waals surface area contributed by atoms with Gasteiger partial charge < -0.3 is 5.11 Å². The Balaban J connectivity index is 2.60. The lowest BCUT2D eigenvalue weighted by Crippen LogP contribution is -2.07. The molecule has 0 aliphatic heterocycles. The lowest BCUT2D eigenvalue weighted by atomic mass is 10.0. The molecular weight excluding hydrogens is 271 g/mol. The number of rotatable bonds is 1. The van der Waals surface area contributed by atoms with E-state index in [9.17, 15) is 18.0 Å². The van der Waals surface area contributed by atoms with E-state index >= 15 is 0 Å². The monoisotopic (exact) mass is 277 g/mol. The largest absolute Gasteiger partial charge is 0.478 e. The molecule has 3 nitrogen and oxygen atoms in total. The van der Waals surface area contributed by atoms with Crippen LogP contribution in [0.4, 0.5) is 13.2 Å². The van der Waals surface area contributed by atoms with Crippen molar-refractivity contribution in [2.75, 3.05) is 0 Å². The molecular formula is C14H6F3NO2. The number of pyridine rings is 1. The second-order valence-corrected chi connectivity index (χ2v) is 4.20. The predicted molar refractivity (Wildman–Crippen MR) is 66.1 cm³/mol. The third kappa shape index (κ3) is 1.61. The molecule has 0 saturated heterocycles. The number of para-hydroxylation sites is 1. The average molecular weight is 277 g/mol. The lowest BCUT2D eigenvalue weighted by Gasteiger charge is -2.08. The van der Waals surface area contributed by atoms with Crippen molar-refractivity contribution in [3.63, 3.8) is 0 Å². The quantitative estimate of drug-likeness (QED) is 0.547. The van der Waals surface area contributed by atoms with Gasteiger partial charge in [-0.2, -0.15) is 0 Å². The maximum Gasteiger partial charge on any atom is 0.339 e. The molecule has 100 valence electrons. The van der Waals surface area contributed by atoms with Gasteiger partial charge in [0, 0.05) is 10.8 Å². The van der Waals surface area contributed by atoms with E-state index in [1.165, 1.54) is 6.07 Å². The summed E-state index contributed by atoms with van der Waals surface area (Å²) in [5.41, 5.74) is -1.06. The summed E-state index contributed by atoms with van der Waals surface area (Å²) in [6.07, 6.45) is 0. The van der Waals surface area contributed by atoms with Crippen LogP contribution in [0.1, 0.15) is 10.4 Å². The van der Waals surface area contributed by atoms with Crippen LogP contribution in [0.5, 0.6) is 0 Å². The van der Waals surface area contributed by atoms with Crippen LogP contribution in [0.3, 0.4) is 0 Å². The summed E-state index contributed by atoms with van der Waals surface area (Å²) in [6, 6.07) is 7.79. The molecule has 0 aliphatic rings. The lowest BCUT2D eigenvalue weighted by molar-refractivity contribution is 0.0693. The predicted octanol–water partition coefficient (Wildman–Crippen LogP) is 3.50.